The molecule has 5 nitrogen and oxygen atoms in total. The van der Waals surface area contributed by atoms with Gasteiger partial charge in [0, 0.05) is 24.3 Å². The summed E-state index contributed by atoms with van der Waals surface area (Å²) >= 11 is 0. The van der Waals surface area contributed by atoms with Crippen LogP contribution in [0.15, 0.2) is 10.9 Å². The van der Waals surface area contributed by atoms with Gasteiger partial charge in [-0.1, -0.05) is 12.8 Å². The van der Waals surface area contributed by atoms with Crippen molar-refractivity contribution in [2.24, 2.45) is 0 Å². The van der Waals surface area contributed by atoms with E-state index in [2.05, 4.69) is 4.90 Å². The highest BCUT2D eigenvalue weighted by atomic mass is 16.3. The molecule has 1 aliphatic carbocycles. The zero-order chi connectivity index (χ0) is 14.8. The maximum atomic E-state index is 11.9. The standard InChI is InChI=1S/C16H24N2O3/c19-11-13-9-15(20)16(21)14(18(13)12-5-6-12)10-17-7-3-1-2-4-8-17/h9,12,19,21H,1-8,10-11H2. The molecule has 3 rings (SSSR count). The van der Waals surface area contributed by atoms with Crippen molar-refractivity contribution < 1.29 is 10.2 Å². The van der Waals surface area contributed by atoms with Crippen LogP contribution in [0, 0.1) is 0 Å². The van der Waals surface area contributed by atoms with Gasteiger partial charge < -0.3 is 14.8 Å². The number of hydrogen-bond donors (Lipinski definition) is 2. The predicted octanol–water partition coefficient (Wildman–Crippen LogP) is 1.76. The third-order valence-electron chi connectivity index (χ3n) is 4.55. The molecule has 0 radical (unpaired) electrons. The molecular weight excluding hydrogens is 268 g/mol. The number of rotatable bonds is 4. The average Bonchev–Trinajstić information content (AvgIpc) is 3.31. The Morgan fingerprint density at radius 3 is 2.38 bits per heavy atom. The number of aliphatic hydroxyl groups is 1. The Hall–Kier alpha value is -1.33. The SMILES string of the molecule is O=c1cc(CO)n(C2CC2)c(CN2CCCCCC2)c1O. The molecule has 0 aromatic carbocycles. The van der Waals surface area contributed by atoms with E-state index in [0.717, 1.165) is 25.9 Å². The lowest BCUT2D eigenvalue weighted by molar-refractivity contribution is 0.249. The molecule has 2 fully saturated rings. The van der Waals surface area contributed by atoms with Crippen LogP contribution in [-0.4, -0.2) is 32.8 Å². The second kappa shape index (κ2) is 6.20. The second-order valence-electron chi connectivity index (χ2n) is 6.24. The Morgan fingerprint density at radius 1 is 1.14 bits per heavy atom. The van der Waals surface area contributed by atoms with Gasteiger partial charge in [-0.3, -0.25) is 9.69 Å². The first-order valence-electron chi connectivity index (χ1n) is 8.00. The number of hydrogen-bond acceptors (Lipinski definition) is 4. The maximum absolute atomic E-state index is 11.9. The molecule has 116 valence electrons. The van der Waals surface area contributed by atoms with E-state index in [1.54, 1.807) is 0 Å². The van der Waals surface area contributed by atoms with E-state index in [1.807, 2.05) is 4.57 Å². The average molecular weight is 292 g/mol. The first-order chi connectivity index (χ1) is 10.2. The predicted molar refractivity (Wildman–Crippen MR) is 80.3 cm³/mol. The Morgan fingerprint density at radius 2 is 1.81 bits per heavy atom. The van der Waals surface area contributed by atoms with Gasteiger partial charge in [-0.05, 0) is 38.8 Å². The Kier molecular flexibility index (Phi) is 4.31. The van der Waals surface area contributed by atoms with E-state index in [4.69, 9.17) is 0 Å². The number of aliphatic hydroxyl groups excluding tert-OH is 1. The van der Waals surface area contributed by atoms with Gasteiger partial charge in [0.2, 0.25) is 5.43 Å². The summed E-state index contributed by atoms with van der Waals surface area (Å²) in [6.07, 6.45) is 6.98. The van der Waals surface area contributed by atoms with Crippen molar-refractivity contribution in [3.63, 3.8) is 0 Å². The number of aromatic nitrogens is 1. The zero-order valence-electron chi connectivity index (χ0n) is 12.4. The fourth-order valence-corrected chi connectivity index (χ4v) is 3.29. The monoisotopic (exact) mass is 292 g/mol. The van der Waals surface area contributed by atoms with Crippen LogP contribution in [0.2, 0.25) is 0 Å². The van der Waals surface area contributed by atoms with E-state index >= 15 is 0 Å². The quantitative estimate of drug-likeness (QED) is 0.887. The van der Waals surface area contributed by atoms with Crippen molar-refractivity contribution in [1.82, 2.24) is 9.47 Å². The second-order valence-corrected chi connectivity index (χ2v) is 6.24. The van der Waals surface area contributed by atoms with E-state index in [-0.39, 0.29) is 17.8 Å². The molecule has 0 bridgehead atoms. The van der Waals surface area contributed by atoms with Gasteiger partial charge in [0.05, 0.1) is 12.3 Å². The topological polar surface area (TPSA) is 65.7 Å². The van der Waals surface area contributed by atoms with Gasteiger partial charge in [0.1, 0.15) is 0 Å². The van der Waals surface area contributed by atoms with Crippen LogP contribution >= 0.6 is 0 Å². The summed E-state index contributed by atoms with van der Waals surface area (Å²) in [6.45, 7) is 2.48. The molecule has 1 saturated heterocycles. The highest BCUT2D eigenvalue weighted by Gasteiger charge is 2.29. The maximum Gasteiger partial charge on any atom is 0.223 e. The van der Waals surface area contributed by atoms with Crippen molar-refractivity contribution >= 4 is 0 Å². The lowest BCUT2D eigenvalue weighted by atomic mass is 10.2. The number of likely N-dealkylation sites (tertiary alicyclic amines) is 1. The van der Waals surface area contributed by atoms with Crippen LogP contribution in [0.5, 0.6) is 5.75 Å². The molecule has 0 amide bonds. The summed E-state index contributed by atoms with van der Waals surface area (Å²) in [7, 11) is 0. The first kappa shape index (κ1) is 14.6. The lowest BCUT2D eigenvalue weighted by Crippen LogP contribution is -2.28. The Balaban J connectivity index is 1.95. The smallest absolute Gasteiger partial charge is 0.223 e. The molecule has 0 unspecified atom stereocenters. The van der Waals surface area contributed by atoms with Crippen LogP contribution in [0.3, 0.4) is 0 Å². The molecule has 21 heavy (non-hydrogen) atoms. The molecule has 0 spiro atoms. The van der Waals surface area contributed by atoms with Crippen LogP contribution in [0.4, 0.5) is 0 Å². The summed E-state index contributed by atoms with van der Waals surface area (Å²) in [5, 5.41) is 19.8. The van der Waals surface area contributed by atoms with E-state index in [0.29, 0.717) is 24.0 Å². The molecule has 2 heterocycles. The van der Waals surface area contributed by atoms with Gasteiger partial charge in [0.15, 0.2) is 5.75 Å². The van der Waals surface area contributed by atoms with Gasteiger partial charge in [-0.25, -0.2) is 0 Å². The number of aromatic hydroxyl groups is 1. The minimum Gasteiger partial charge on any atom is -0.503 e. The van der Waals surface area contributed by atoms with Crippen molar-refractivity contribution in [3.8, 4) is 5.75 Å². The van der Waals surface area contributed by atoms with E-state index in [9.17, 15) is 15.0 Å². The van der Waals surface area contributed by atoms with E-state index in [1.165, 1.54) is 31.7 Å². The summed E-state index contributed by atoms with van der Waals surface area (Å²) in [5.41, 5.74) is 0.946. The summed E-state index contributed by atoms with van der Waals surface area (Å²) in [6, 6.07) is 1.71. The van der Waals surface area contributed by atoms with Gasteiger partial charge in [0.25, 0.3) is 0 Å². The molecule has 0 atom stereocenters. The molecule has 5 heteroatoms. The fraction of sp³-hybridized carbons (Fsp3) is 0.688. The highest BCUT2D eigenvalue weighted by Crippen LogP contribution is 2.38. The third-order valence-corrected chi connectivity index (χ3v) is 4.55. The third kappa shape index (κ3) is 3.14. The first-order valence-corrected chi connectivity index (χ1v) is 8.00. The van der Waals surface area contributed by atoms with E-state index < -0.39 is 0 Å². The molecular formula is C16H24N2O3. The largest absolute Gasteiger partial charge is 0.503 e. The van der Waals surface area contributed by atoms with Crippen LogP contribution in [0.1, 0.15) is 56.0 Å². The molecule has 2 aliphatic rings. The molecule has 2 N–H and O–H groups in total. The Bertz CT molecular complexity index is 555. The zero-order valence-corrected chi connectivity index (χ0v) is 12.4. The van der Waals surface area contributed by atoms with Crippen molar-refractivity contribution in [2.45, 2.75) is 57.7 Å². The van der Waals surface area contributed by atoms with Gasteiger partial charge in [-0.2, -0.15) is 0 Å². The van der Waals surface area contributed by atoms with Gasteiger partial charge in [-0.15, -0.1) is 0 Å². The van der Waals surface area contributed by atoms with Crippen LogP contribution in [0.25, 0.3) is 0 Å². The van der Waals surface area contributed by atoms with Crippen LogP contribution < -0.4 is 5.43 Å². The fourth-order valence-electron chi connectivity index (χ4n) is 3.29. The summed E-state index contributed by atoms with van der Waals surface area (Å²) < 4.78 is 2.00. The highest BCUT2D eigenvalue weighted by molar-refractivity contribution is 5.31. The Labute approximate surface area is 124 Å². The minimum absolute atomic E-state index is 0.136. The minimum atomic E-state index is -0.374. The van der Waals surface area contributed by atoms with Gasteiger partial charge >= 0.3 is 0 Å². The normalized spacial score (nSPS) is 20.4. The molecule has 1 aliphatic heterocycles. The van der Waals surface area contributed by atoms with Crippen molar-refractivity contribution in [1.29, 1.82) is 0 Å². The summed E-state index contributed by atoms with van der Waals surface area (Å²) in [4.78, 5) is 14.3. The molecule has 1 saturated carbocycles. The number of nitrogens with zero attached hydrogens (tertiary/aromatic N) is 2. The molecule has 1 aromatic heterocycles. The van der Waals surface area contributed by atoms with Crippen LogP contribution in [-0.2, 0) is 13.2 Å². The lowest BCUT2D eigenvalue weighted by Gasteiger charge is -2.24. The van der Waals surface area contributed by atoms with Crippen molar-refractivity contribution in [2.75, 3.05) is 13.1 Å². The number of pyridine rings is 1. The van der Waals surface area contributed by atoms with Crippen molar-refractivity contribution in [3.05, 3.63) is 27.7 Å². The molecule has 1 aromatic rings. The summed E-state index contributed by atoms with van der Waals surface area (Å²) in [5.74, 6) is -0.136.